The van der Waals surface area contributed by atoms with E-state index in [1.165, 1.54) is 6.20 Å². The van der Waals surface area contributed by atoms with Crippen molar-refractivity contribution in [1.82, 2.24) is 19.9 Å². The number of aromatic amines is 1. The number of pyridine rings is 1. The molecule has 3 aromatic rings. The van der Waals surface area contributed by atoms with E-state index in [1.54, 1.807) is 26.1 Å². The molecular formula is C18H19ClFN5O4S. The van der Waals surface area contributed by atoms with E-state index in [4.69, 9.17) is 16.7 Å². The van der Waals surface area contributed by atoms with Crippen LogP contribution in [-0.4, -0.2) is 57.0 Å². The molecular weight excluding hydrogens is 437 g/mol. The van der Waals surface area contributed by atoms with E-state index in [2.05, 4.69) is 25.3 Å². The van der Waals surface area contributed by atoms with Gasteiger partial charge in [-0.25, -0.2) is 27.8 Å². The average molecular weight is 456 g/mol. The molecule has 3 N–H and O–H groups in total. The first kappa shape index (κ1) is 21.9. The van der Waals surface area contributed by atoms with Crippen LogP contribution in [0, 0.1) is 11.7 Å². The lowest BCUT2D eigenvalue weighted by molar-refractivity contribution is -0.134. The van der Waals surface area contributed by atoms with Crippen LogP contribution in [0.25, 0.3) is 22.4 Å². The SMILES string of the molecule is CC(C)C(CS(=O)(=O)CC(=O)O)Nc1nc(-c2c[nH]c3ncc(Cl)cc23)ncc1F. The third-order valence-corrected chi connectivity index (χ3v) is 6.15. The predicted octanol–water partition coefficient (Wildman–Crippen LogP) is 2.75. The molecule has 0 spiro atoms. The Labute approximate surface area is 176 Å². The Hall–Kier alpha value is -2.79. The molecule has 0 aliphatic carbocycles. The van der Waals surface area contributed by atoms with Gasteiger partial charge >= 0.3 is 5.97 Å². The summed E-state index contributed by atoms with van der Waals surface area (Å²) in [5, 5.41) is 12.6. The zero-order valence-electron chi connectivity index (χ0n) is 16.1. The first-order valence-electron chi connectivity index (χ1n) is 8.90. The molecule has 30 heavy (non-hydrogen) atoms. The predicted molar refractivity (Wildman–Crippen MR) is 111 cm³/mol. The van der Waals surface area contributed by atoms with Crippen LogP contribution in [0.1, 0.15) is 13.8 Å². The Kier molecular flexibility index (Phi) is 6.22. The van der Waals surface area contributed by atoms with Gasteiger partial charge in [0.1, 0.15) is 11.4 Å². The fourth-order valence-electron chi connectivity index (χ4n) is 2.86. The van der Waals surface area contributed by atoms with Gasteiger partial charge in [0.2, 0.25) is 0 Å². The maximum Gasteiger partial charge on any atom is 0.318 e. The Bertz CT molecular complexity index is 1200. The number of carboxylic acid groups (broad SMARTS) is 1. The van der Waals surface area contributed by atoms with Crippen molar-refractivity contribution in [3.05, 3.63) is 35.5 Å². The van der Waals surface area contributed by atoms with Crippen molar-refractivity contribution in [2.45, 2.75) is 19.9 Å². The van der Waals surface area contributed by atoms with E-state index in [-0.39, 0.29) is 17.6 Å². The number of anilines is 1. The quantitative estimate of drug-likeness (QED) is 0.471. The molecule has 1 unspecified atom stereocenters. The molecule has 1 atom stereocenters. The first-order chi connectivity index (χ1) is 14.1. The average Bonchev–Trinajstić information content (AvgIpc) is 3.04. The highest BCUT2D eigenvalue weighted by molar-refractivity contribution is 7.92. The Balaban J connectivity index is 1.94. The summed E-state index contributed by atoms with van der Waals surface area (Å²) in [7, 11) is -3.90. The third kappa shape index (κ3) is 5.03. The number of rotatable bonds is 8. The van der Waals surface area contributed by atoms with Crippen molar-refractivity contribution >= 4 is 44.3 Å². The molecule has 0 amide bonds. The van der Waals surface area contributed by atoms with Gasteiger partial charge in [-0.3, -0.25) is 4.79 Å². The van der Waals surface area contributed by atoms with Crippen LogP contribution < -0.4 is 5.32 Å². The molecule has 9 nitrogen and oxygen atoms in total. The van der Waals surface area contributed by atoms with Crippen molar-refractivity contribution in [3.8, 4) is 11.4 Å². The van der Waals surface area contributed by atoms with E-state index in [0.717, 1.165) is 6.20 Å². The van der Waals surface area contributed by atoms with Gasteiger partial charge in [0.15, 0.2) is 27.3 Å². The van der Waals surface area contributed by atoms with Crippen LogP contribution >= 0.6 is 11.6 Å². The number of nitrogens with one attached hydrogen (secondary N) is 2. The Morgan fingerprint density at radius 3 is 2.73 bits per heavy atom. The van der Waals surface area contributed by atoms with Crippen molar-refractivity contribution in [1.29, 1.82) is 0 Å². The first-order valence-corrected chi connectivity index (χ1v) is 11.1. The number of aliphatic carboxylic acids is 1. The fourth-order valence-corrected chi connectivity index (χ4v) is 4.53. The second-order valence-electron chi connectivity index (χ2n) is 7.09. The summed E-state index contributed by atoms with van der Waals surface area (Å²) >= 11 is 6.00. The number of hydrogen-bond donors (Lipinski definition) is 3. The fraction of sp³-hybridized carbons (Fsp3) is 0.333. The molecule has 0 saturated carbocycles. The van der Waals surface area contributed by atoms with Crippen molar-refractivity contribution in [3.63, 3.8) is 0 Å². The number of H-pyrrole nitrogens is 1. The summed E-state index contributed by atoms with van der Waals surface area (Å²) in [6, 6.07) is 0.913. The van der Waals surface area contributed by atoms with Gasteiger partial charge in [0.05, 0.1) is 17.0 Å². The van der Waals surface area contributed by atoms with Crippen LogP contribution in [0.15, 0.2) is 24.7 Å². The Morgan fingerprint density at radius 2 is 2.07 bits per heavy atom. The molecule has 0 aliphatic rings. The van der Waals surface area contributed by atoms with Crippen LogP contribution in [0.2, 0.25) is 5.02 Å². The topological polar surface area (TPSA) is 138 Å². The molecule has 0 fully saturated rings. The zero-order valence-corrected chi connectivity index (χ0v) is 17.6. The second-order valence-corrected chi connectivity index (χ2v) is 9.63. The molecule has 0 aromatic carbocycles. The number of nitrogens with zero attached hydrogens (tertiary/aromatic N) is 3. The molecule has 160 valence electrons. The molecule has 0 aliphatic heterocycles. The minimum Gasteiger partial charge on any atom is -0.480 e. The van der Waals surface area contributed by atoms with Crippen molar-refractivity contribution < 1.29 is 22.7 Å². The molecule has 12 heteroatoms. The molecule has 3 rings (SSSR count). The number of carbonyl (C=O) groups is 1. The van der Waals surface area contributed by atoms with Crippen LogP contribution in [0.4, 0.5) is 10.2 Å². The van der Waals surface area contributed by atoms with Gasteiger partial charge in [0, 0.05) is 29.4 Å². The highest BCUT2D eigenvalue weighted by atomic mass is 35.5. The molecule has 3 aromatic heterocycles. The normalized spacial score (nSPS) is 13.0. The number of aromatic nitrogens is 4. The van der Waals surface area contributed by atoms with Crippen molar-refractivity contribution in [2.24, 2.45) is 5.92 Å². The number of halogens is 2. The van der Waals surface area contributed by atoms with E-state index in [9.17, 15) is 17.6 Å². The van der Waals surface area contributed by atoms with Crippen LogP contribution in [-0.2, 0) is 14.6 Å². The summed E-state index contributed by atoms with van der Waals surface area (Å²) in [5.74, 6) is -3.95. The molecule has 0 bridgehead atoms. The zero-order chi connectivity index (χ0) is 22.1. The summed E-state index contributed by atoms with van der Waals surface area (Å²) in [5.41, 5.74) is 1.10. The molecule has 0 saturated heterocycles. The lowest BCUT2D eigenvalue weighted by atomic mass is 10.1. The lowest BCUT2D eigenvalue weighted by Gasteiger charge is -2.23. The maximum atomic E-state index is 14.4. The number of fused-ring (bicyclic) bond motifs is 1. The van der Waals surface area contributed by atoms with E-state index in [0.29, 0.717) is 21.6 Å². The summed E-state index contributed by atoms with van der Waals surface area (Å²) < 4.78 is 38.6. The highest BCUT2D eigenvalue weighted by Gasteiger charge is 2.26. The Morgan fingerprint density at radius 1 is 1.33 bits per heavy atom. The van der Waals surface area contributed by atoms with Gasteiger partial charge in [-0.15, -0.1) is 0 Å². The minimum absolute atomic E-state index is 0.185. The summed E-state index contributed by atoms with van der Waals surface area (Å²) in [6.45, 7) is 3.47. The van der Waals surface area contributed by atoms with Gasteiger partial charge in [-0.2, -0.15) is 0 Å². The monoisotopic (exact) mass is 455 g/mol. The third-order valence-electron chi connectivity index (χ3n) is 4.39. The van der Waals surface area contributed by atoms with Gasteiger partial charge in [-0.1, -0.05) is 25.4 Å². The number of sulfone groups is 1. The van der Waals surface area contributed by atoms with Crippen LogP contribution in [0.5, 0.6) is 0 Å². The van der Waals surface area contributed by atoms with E-state index >= 15 is 0 Å². The number of carboxylic acids is 1. The standard InChI is InChI=1S/C18H19ClFN5O4S/c1-9(2)14(7-30(28,29)8-15(26)27)24-18-13(20)6-23-17(25-18)12-5-22-16-11(12)3-10(19)4-21-16/h3-6,9,14H,7-8H2,1-2H3,(H,21,22)(H,26,27)(H,23,24,25). The summed E-state index contributed by atoms with van der Waals surface area (Å²) in [6.07, 6.45) is 4.07. The van der Waals surface area contributed by atoms with Crippen molar-refractivity contribution in [2.75, 3.05) is 16.8 Å². The van der Waals surface area contributed by atoms with E-state index < -0.39 is 39.2 Å². The van der Waals surface area contributed by atoms with Crippen LogP contribution in [0.3, 0.4) is 0 Å². The van der Waals surface area contributed by atoms with Gasteiger partial charge in [-0.05, 0) is 12.0 Å². The second kappa shape index (κ2) is 8.52. The minimum atomic E-state index is -3.90. The lowest BCUT2D eigenvalue weighted by Crippen LogP contribution is -2.36. The smallest absolute Gasteiger partial charge is 0.318 e. The van der Waals surface area contributed by atoms with E-state index in [1.807, 2.05) is 0 Å². The van der Waals surface area contributed by atoms with Gasteiger partial charge < -0.3 is 15.4 Å². The maximum absolute atomic E-state index is 14.4. The summed E-state index contributed by atoms with van der Waals surface area (Å²) in [4.78, 5) is 26.1. The largest absolute Gasteiger partial charge is 0.480 e. The van der Waals surface area contributed by atoms with Gasteiger partial charge in [0.25, 0.3) is 0 Å². The molecule has 3 heterocycles. The molecule has 0 radical (unpaired) electrons. The highest BCUT2D eigenvalue weighted by Crippen LogP contribution is 2.28. The number of hydrogen-bond acceptors (Lipinski definition) is 7.